The van der Waals surface area contributed by atoms with E-state index in [1.807, 2.05) is 12.3 Å². The van der Waals surface area contributed by atoms with Crippen molar-refractivity contribution in [2.75, 3.05) is 6.54 Å². The third-order valence-electron chi connectivity index (χ3n) is 2.59. The van der Waals surface area contributed by atoms with Gasteiger partial charge in [-0.3, -0.25) is 4.98 Å². The Morgan fingerprint density at radius 3 is 3.08 bits per heavy atom. The summed E-state index contributed by atoms with van der Waals surface area (Å²) >= 11 is 0. The minimum atomic E-state index is 0.656. The summed E-state index contributed by atoms with van der Waals surface area (Å²) in [5.41, 5.74) is 1.21. The van der Waals surface area contributed by atoms with E-state index in [4.69, 9.17) is 0 Å². The maximum absolute atomic E-state index is 4.33. The Hall–Kier alpha value is -0.890. The van der Waals surface area contributed by atoms with Gasteiger partial charge in [-0.2, -0.15) is 0 Å². The van der Waals surface area contributed by atoms with Gasteiger partial charge in [0.25, 0.3) is 0 Å². The Labute approximate surface area is 79.4 Å². The van der Waals surface area contributed by atoms with E-state index in [0.717, 1.165) is 6.42 Å². The Bertz CT molecular complexity index is 240. The predicted molar refractivity (Wildman–Crippen MR) is 53.6 cm³/mol. The lowest BCUT2D eigenvalue weighted by Gasteiger charge is -2.22. The Kier molecular flexibility index (Phi) is 2.93. The molecule has 2 heterocycles. The molecule has 0 unspecified atom stereocenters. The van der Waals surface area contributed by atoms with Crippen LogP contribution in [0.5, 0.6) is 0 Å². The highest BCUT2D eigenvalue weighted by Gasteiger charge is 2.12. The van der Waals surface area contributed by atoms with Crippen molar-refractivity contribution in [1.82, 2.24) is 10.3 Å². The van der Waals surface area contributed by atoms with Crippen LogP contribution in [0.1, 0.15) is 25.0 Å². The van der Waals surface area contributed by atoms with Gasteiger partial charge in [-0.25, -0.2) is 0 Å². The number of pyridine rings is 1. The first kappa shape index (κ1) is 8.70. The molecule has 70 valence electrons. The standard InChI is InChI=1S/C11H16N2/c1-3-7-12-10(5-1)9-11-6-2-4-8-13-11/h1,3,5,7,11,13H,2,4,6,8-9H2/t11-/m0/s1. The van der Waals surface area contributed by atoms with Crippen LogP contribution in [-0.2, 0) is 6.42 Å². The molecule has 2 nitrogen and oxygen atoms in total. The van der Waals surface area contributed by atoms with E-state index in [0.29, 0.717) is 6.04 Å². The fraction of sp³-hybridized carbons (Fsp3) is 0.545. The number of rotatable bonds is 2. The maximum Gasteiger partial charge on any atom is 0.0419 e. The first-order valence-electron chi connectivity index (χ1n) is 5.08. The van der Waals surface area contributed by atoms with E-state index in [-0.39, 0.29) is 0 Å². The summed E-state index contributed by atoms with van der Waals surface area (Å²) in [5.74, 6) is 0. The molecule has 0 radical (unpaired) electrons. The predicted octanol–water partition coefficient (Wildman–Crippen LogP) is 1.77. The van der Waals surface area contributed by atoms with Crippen molar-refractivity contribution in [1.29, 1.82) is 0 Å². The Balaban J connectivity index is 1.90. The molecule has 1 aliphatic rings. The van der Waals surface area contributed by atoms with Gasteiger partial charge in [-0.15, -0.1) is 0 Å². The fourth-order valence-electron chi connectivity index (χ4n) is 1.87. The normalized spacial score (nSPS) is 22.9. The second-order valence-corrected chi connectivity index (χ2v) is 3.67. The molecule has 0 bridgehead atoms. The summed E-state index contributed by atoms with van der Waals surface area (Å²) in [6.45, 7) is 1.18. The van der Waals surface area contributed by atoms with Gasteiger partial charge in [0.15, 0.2) is 0 Å². The topological polar surface area (TPSA) is 24.9 Å². The lowest BCUT2D eigenvalue weighted by molar-refractivity contribution is 0.397. The van der Waals surface area contributed by atoms with Crippen molar-refractivity contribution in [2.45, 2.75) is 31.7 Å². The van der Waals surface area contributed by atoms with Crippen molar-refractivity contribution < 1.29 is 0 Å². The average molecular weight is 176 g/mol. The van der Waals surface area contributed by atoms with E-state index in [9.17, 15) is 0 Å². The summed E-state index contributed by atoms with van der Waals surface area (Å²) in [4.78, 5) is 4.33. The van der Waals surface area contributed by atoms with E-state index in [1.54, 1.807) is 0 Å². The highest BCUT2D eigenvalue weighted by atomic mass is 14.9. The molecule has 1 aromatic rings. The highest BCUT2D eigenvalue weighted by Crippen LogP contribution is 2.10. The fourth-order valence-corrected chi connectivity index (χ4v) is 1.87. The largest absolute Gasteiger partial charge is 0.314 e. The third kappa shape index (κ3) is 2.52. The van der Waals surface area contributed by atoms with Crippen molar-refractivity contribution in [3.05, 3.63) is 30.1 Å². The first-order chi connectivity index (χ1) is 6.45. The zero-order valence-corrected chi connectivity index (χ0v) is 7.87. The SMILES string of the molecule is c1ccc(C[C@@H]2CCCCN2)nc1. The molecule has 1 aromatic heterocycles. The van der Waals surface area contributed by atoms with E-state index >= 15 is 0 Å². The van der Waals surface area contributed by atoms with Gasteiger partial charge in [0.1, 0.15) is 0 Å². The zero-order valence-electron chi connectivity index (χ0n) is 7.87. The number of piperidine rings is 1. The smallest absolute Gasteiger partial charge is 0.0419 e. The van der Waals surface area contributed by atoms with Gasteiger partial charge in [0, 0.05) is 24.4 Å². The second-order valence-electron chi connectivity index (χ2n) is 3.67. The van der Waals surface area contributed by atoms with E-state index in [1.165, 1.54) is 31.5 Å². The summed E-state index contributed by atoms with van der Waals surface area (Å²) in [6, 6.07) is 6.79. The molecule has 1 aliphatic heterocycles. The summed E-state index contributed by atoms with van der Waals surface area (Å²) in [6.07, 6.45) is 6.96. The molecular weight excluding hydrogens is 160 g/mol. The van der Waals surface area contributed by atoms with Crippen molar-refractivity contribution >= 4 is 0 Å². The number of hydrogen-bond acceptors (Lipinski definition) is 2. The zero-order chi connectivity index (χ0) is 8.93. The van der Waals surface area contributed by atoms with Crippen LogP contribution in [0.4, 0.5) is 0 Å². The minimum Gasteiger partial charge on any atom is -0.314 e. The molecule has 1 N–H and O–H groups in total. The molecule has 0 aromatic carbocycles. The molecule has 13 heavy (non-hydrogen) atoms. The van der Waals surface area contributed by atoms with Crippen molar-refractivity contribution in [3.8, 4) is 0 Å². The molecule has 2 heteroatoms. The van der Waals surface area contributed by atoms with Crippen LogP contribution in [0, 0.1) is 0 Å². The van der Waals surface area contributed by atoms with Crippen LogP contribution in [-0.4, -0.2) is 17.6 Å². The van der Waals surface area contributed by atoms with Gasteiger partial charge in [0.2, 0.25) is 0 Å². The van der Waals surface area contributed by atoms with Gasteiger partial charge < -0.3 is 5.32 Å². The lowest BCUT2D eigenvalue weighted by Crippen LogP contribution is -2.35. The summed E-state index contributed by atoms with van der Waals surface area (Å²) in [5, 5.41) is 3.53. The molecule has 0 spiro atoms. The van der Waals surface area contributed by atoms with Crippen LogP contribution in [0.25, 0.3) is 0 Å². The average Bonchev–Trinajstić information content (AvgIpc) is 2.21. The number of hydrogen-bond donors (Lipinski definition) is 1. The molecule has 1 fully saturated rings. The van der Waals surface area contributed by atoms with Crippen molar-refractivity contribution in [2.24, 2.45) is 0 Å². The molecular formula is C11H16N2. The van der Waals surface area contributed by atoms with E-state index in [2.05, 4.69) is 22.4 Å². The number of nitrogens with one attached hydrogen (secondary N) is 1. The maximum atomic E-state index is 4.33. The summed E-state index contributed by atoms with van der Waals surface area (Å²) < 4.78 is 0. The molecule has 1 saturated heterocycles. The van der Waals surface area contributed by atoms with Gasteiger partial charge in [0.05, 0.1) is 0 Å². The lowest BCUT2D eigenvalue weighted by atomic mass is 10.0. The van der Waals surface area contributed by atoms with Crippen molar-refractivity contribution in [3.63, 3.8) is 0 Å². The monoisotopic (exact) mass is 176 g/mol. The van der Waals surface area contributed by atoms with Crippen LogP contribution in [0.2, 0.25) is 0 Å². The van der Waals surface area contributed by atoms with Crippen LogP contribution in [0.3, 0.4) is 0 Å². The van der Waals surface area contributed by atoms with Crippen LogP contribution in [0.15, 0.2) is 24.4 Å². The molecule has 2 rings (SSSR count). The number of nitrogens with zero attached hydrogens (tertiary/aromatic N) is 1. The summed E-state index contributed by atoms with van der Waals surface area (Å²) in [7, 11) is 0. The van der Waals surface area contributed by atoms with E-state index < -0.39 is 0 Å². The Morgan fingerprint density at radius 2 is 2.38 bits per heavy atom. The van der Waals surface area contributed by atoms with Gasteiger partial charge in [-0.1, -0.05) is 12.5 Å². The van der Waals surface area contributed by atoms with Crippen LogP contribution >= 0.6 is 0 Å². The Morgan fingerprint density at radius 1 is 1.38 bits per heavy atom. The number of aromatic nitrogens is 1. The third-order valence-corrected chi connectivity index (χ3v) is 2.59. The molecule has 0 saturated carbocycles. The molecule has 0 aliphatic carbocycles. The van der Waals surface area contributed by atoms with Gasteiger partial charge >= 0.3 is 0 Å². The minimum absolute atomic E-state index is 0.656. The van der Waals surface area contributed by atoms with Gasteiger partial charge in [-0.05, 0) is 31.5 Å². The first-order valence-corrected chi connectivity index (χ1v) is 5.08. The second kappa shape index (κ2) is 4.38. The molecule has 0 amide bonds. The molecule has 1 atom stereocenters. The quantitative estimate of drug-likeness (QED) is 0.742. The van der Waals surface area contributed by atoms with Crippen LogP contribution < -0.4 is 5.32 Å². The highest BCUT2D eigenvalue weighted by molar-refractivity contribution is 5.05.